The zero-order valence-electron chi connectivity index (χ0n) is 24.2. The molecular formula is C33H40O11. The molecule has 2 heterocycles. The van der Waals surface area contributed by atoms with E-state index in [-0.39, 0.29) is 26.4 Å². The van der Waals surface area contributed by atoms with Crippen LogP contribution in [-0.2, 0) is 48.2 Å². The van der Waals surface area contributed by atoms with Crippen molar-refractivity contribution in [2.24, 2.45) is 0 Å². The highest BCUT2D eigenvalue weighted by Gasteiger charge is 2.50. The Balaban J connectivity index is 1.36. The van der Waals surface area contributed by atoms with E-state index in [1.165, 1.54) is 0 Å². The van der Waals surface area contributed by atoms with Crippen LogP contribution in [0.25, 0.3) is 0 Å². The van der Waals surface area contributed by atoms with Crippen molar-refractivity contribution in [1.82, 2.24) is 0 Å². The number of aliphatic hydroxyl groups excluding tert-OH is 5. The van der Waals surface area contributed by atoms with Crippen LogP contribution in [0, 0.1) is 0 Å². The molecular weight excluding hydrogens is 572 g/mol. The van der Waals surface area contributed by atoms with Crippen LogP contribution in [0.3, 0.4) is 0 Å². The maximum atomic E-state index is 11.2. The fraction of sp³-hybridized carbons (Fsp3) is 0.455. The van der Waals surface area contributed by atoms with Crippen LogP contribution < -0.4 is 0 Å². The topological polar surface area (TPSA) is 157 Å². The zero-order valence-corrected chi connectivity index (χ0v) is 24.2. The Morgan fingerprint density at radius 3 is 1.57 bits per heavy atom. The van der Waals surface area contributed by atoms with Gasteiger partial charge in [-0.15, -0.1) is 0 Å². The smallest absolute Gasteiger partial charge is 0.186 e. The first kappa shape index (κ1) is 32.6. The van der Waals surface area contributed by atoms with Gasteiger partial charge < -0.3 is 54.0 Å². The quantitative estimate of drug-likeness (QED) is 0.179. The van der Waals surface area contributed by atoms with Gasteiger partial charge in [-0.3, -0.25) is 0 Å². The lowest BCUT2D eigenvalue weighted by Gasteiger charge is -2.44. The summed E-state index contributed by atoms with van der Waals surface area (Å²) in [5, 5.41) is 51.3. The van der Waals surface area contributed by atoms with Crippen LogP contribution in [0.5, 0.6) is 0 Å². The fourth-order valence-corrected chi connectivity index (χ4v) is 5.32. The third-order valence-corrected chi connectivity index (χ3v) is 7.71. The molecule has 3 aromatic rings. The van der Waals surface area contributed by atoms with Gasteiger partial charge in [-0.25, -0.2) is 0 Å². The van der Waals surface area contributed by atoms with Crippen molar-refractivity contribution in [3.63, 3.8) is 0 Å². The van der Waals surface area contributed by atoms with Crippen molar-refractivity contribution in [2.75, 3.05) is 13.2 Å². The number of ether oxygens (including phenoxy) is 6. The van der Waals surface area contributed by atoms with Gasteiger partial charge in [-0.05, 0) is 16.7 Å². The molecule has 5 rings (SSSR count). The molecule has 0 aliphatic carbocycles. The average Bonchev–Trinajstić information content (AvgIpc) is 3.35. The summed E-state index contributed by atoms with van der Waals surface area (Å²) in [6, 6.07) is 28.7. The minimum absolute atomic E-state index is 0.193. The van der Waals surface area contributed by atoms with Crippen LogP contribution >= 0.6 is 0 Å². The van der Waals surface area contributed by atoms with Crippen molar-refractivity contribution in [1.29, 1.82) is 0 Å². The molecule has 5 N–H and O–H groups in total. The number of rotatable bonds is 14. The molecule has 0 bridgehead atoms. The third kappa shape index (κ3) is 8.27. The van der Waals surface area contributed by atoms with E-state index in [1.54, 1.807) is 0 Å². The maximum Gasteiger partial charge on any atom is 0.186 e. The van der Waals surface area contributed by atoms with Gasteiger partial charge in [0, 0.05) is 0 Å². The lowest BCUT2D eigenvalue weighted by atomic mass is 9.98. The van der Waals surface area contributed by atoms with Crippen LogP contribution in [-0.4, -0.2) is 100 Å². The van der Waals surface area contributed by atoms with Crippen molar-refractivity contribution in [3.8, 4) is 0 Å². The van der Waals surface area contributed by atoms with Gasteiger partial charge >= 0.3 is 0 Å². The molecule has 11 nitrogen and oxygen atoms in total. The third-order valence-electron chi connectivity index (χ3n) is 7.71. The Hall–Kier alpha value is -2.78. The van der Waals surface area contributed by atoms with Gasteiger partial charge in [0.25, 0.3) is 0 Å². The van der Waals surface area contributed by atoms with Crippen molar-refractivity contribution >= 4 is 0 Å². The van der Waals surface area contributed by atoms with Crippen LogP contribution in [0.4, 0.5) is 0 Å². The average molecular weight is 613 g/mol. The molecule has 44 heavy (non-hydrogen) atoms. The molecule has 2 aliphatic heterocycles. The molecule has 3 aromatic carbocycles. The van der Waals surface area contributed by atoms with Gasteiger partial charge in [0.2, 0.25) is 0 Å². The predicted molar refractivity (Wildman–Crippen MR) is 156 cm³/mol. The summed E-state index contributed by atoms with van der Waals surface area (Å²) in [7, 11) is 0. The molecule has 2 aliphatic rings. The second-order valence-corrected chi connectivity index (χ2v) is 10.9. The predicted octanol–water partition coefficient (Wildman–Crippen LogP) is 1.28. The van der Waals surface area contributed by atoms with Crippen LogP contribution in [0.1, 0.15) is 16.7 Å². The van der Waals surface area contributed by atoms with E-state index in [9.17, 15) is 25.5 Å². The van der Waals surface area contributed by atoms with E-state index in [4.69, 9.17) is 28.4 Å². The summed E-state index contributed by atoms with van der Waals surface area (Å²) < 4.78 is 36.4. The highest BCUT2D eigenvalue weighted by atomic mass is 16.7. The molecule has 0 amide bonds. The highest BCUT2D eigenvalue weighted by Crippen LogP contribution is 2.31. The minimum Gasteiger partial charge on any atom is -0.394 e. The van der Waals surface area contributed by atoms with Crippen molar-refractivity contribution in [2.45, 2.75) is 81.2 Å². The first-order valence-electron chi connectivity index (χ1n) is 14.7. The lowest BCUT2D eigenvalue weighted by Crippen LogP contribution is -2.61. The van der Waals surface area contributed by atoms with Gasteiger partial charge in [0.05, 0.1) is 33.0 Å². The van der Waals surface area contributed by atoms with E-state index >= 15 is 0 Å². The molecule has 0 spiro atoms. The minimum atomic E-state index is -1.49. The van der Waals surface area contributed by atoms with Gasteiger partial charge in [0.1, 0.15) is 48.8 Å². The molecule has 0 unspecified atom stereocenters. The van der Waals surface area contributed by atoms with Crippen LogP contribution in [0.15, 0.2) is 91.0 Å². The lowest BCUT2D eigenvalue weighted by molar-refractivity contribution is -0.323. The van der Waals surface area contributed by atoms with Crippen LogP contribution in [0.2, 0.25) is 0 Å². The van der Waals surface area contributed by atoms with E-state index < -0.39 is 68.0 Å². The number of aliphatic hydroxyl groups is 5. The Morgan fingerprint density at radius 1 is 0.591 bits per heavy atom. The van der Waals surface area contributed by atoms with Gasteiger partial charge in [-0.2, -0.15) is 0 Å². The molecule has 2 fully saturated rings. The zero-order chi connectivity index (χ0) is 30.9. The Labute approximate surface area is 256 Å². The molecule has 0 saturated carbocycles. The Kier molecular flexibility index (Phi) is 11.8. The SMILES string of the molecule is OC[C@@H](O)[C@@H]1O[C@@H](OC[C@H]2O[C@H](O)[C@H](OCc3ccccc3)[C@@H](OCc3ccccc3)[C@@H]2OCc2ccccc2)[C@H](O)[C@H]1O. The second-order valence-electron chi connectivity index (χ2n) is 10.9. The number of benzene rings is 3. The van der Waals surface area contributed by atoms with Gasteiger partial charge in [-0.1, -0.05) is 91.0 Å². The Bertz CT molecular complexity index is 1230. The van der Waals surface area contributed by atoms with E-state index in [2.05, 4.69) is 0 Å². The normalized spacial score (nSPS) is 31.2. The number of hydrogen-bond acceptors (Lipinski definition) is 11. The standard InChI is InChI=1S/C33H40O11/c34-16-24(35)28-26(36)27(37)33(44-28)42-20-25-29(39-17-21-10-4-1-5-11-21)30(40-18-22-12-6-2-7-13-22)31(32(38)43-25)41-19-23-14-8-3-9-15-23/h1-15,24-38H,16-20H2/t24-,25-,26-,27-,28+,29-,30+,31-,32+,33-/m1/s1. The first-order valence-corrected chi connectivity index (χ1v) is 14.7. The fourth-order valence-electron chi connectivity index (χ4n) is 5.32. The van der Waals surface area contributed by atoms with E-state index in [0.29, 0.717) is 0 Å². The maximum absolute atomic E-state index is 11.2. The summed E-state index contributed by atoms with van der Waals surface area (Å²) >= 11 is 0. The van der Waals surface area contributed by atoms with Gasteiger partial charge in [0.15, 0.2) is 12.6 Å². The molecule has 238 valence electrons. The van der Waals surface area contributed by atoms with Crippen molar-refractivity contribution in [3.05, 3.63) is 108 Å². The Morgan fingerprint density at radius 2 is 1.07 bits per heavy atom. The summed E-state index contributed by atoms with van der Waals surface area (Å²) in [4.78, 5) is 0. The summed E-state index contributed by atoms with van der Waals surface area (Å²) in [5.41, 5.74) is 2.72. The molecule has 10 atom stereocenters. The molecule has 0 aromatic heterocycles. The van der Waals surface area contributed by atoms with E-state index in [0.717, 1.165) is 16.7 Å². The molecule has 2 saturated heterocycles. The first-order chi connectivity index (χ1) is 21.4. The largest absolute Gasteiger partial charge is 0.394 e. The second kappa shape index (κ2) is 16.0. The monoisotopic (exact) mass is 612 g/mol. The van der Waals surface area contributed by atoms with Crippen molar-refractivity contribution < 1.29 is 54.0 Å². The molecule has 0 radical (unpaired) electrons. The summed E-state index contributed by atoms with van der Waals surface area (Å²) in [6.45, 7) is -0.301. The summed E-state index contributed by atoms with van der Waals surface area (Å²) in [5.74, 6) is 0. The highest BCUT2D eigenvalue weighted by molar-refractivity contribution is 5.15. The number of hydrogen-bond donors (Lipinski definition) is 5. The molecule has 11 heteroatoms. The summed E-state index contributed by atoms with van der Waals surface area (Å²) in [6.07, 6.45) is -11.9. The van der Waals surface area contributed by atoms with E-state index in [1.807, 2.05) is 91.0 Å².